The molecule has 0 spiro atoms. The maximum Gasteiger partial charge on any atom is 0.127 e. The van der Waals surface area contributed by atoms with Crippen molar-refractivity contribution >= 4 is 0 Å². The van der Waals surface area contributed by atoms with E-state index in [4.69, 9.17) is 4.74 Å². The minimum absolute atomic E-state index is 0.0901. The molecule has 3 nitrogen and oxygen atoms in total. The summed E-state index contributed by atoms with van der Waals surface area (Å²) >= 11 is 0. The number of hydrogen-bond donors (Lipinski definition) is 1. The molecule has 1 aromatic carbocycles. The monoisotopic (exact) mass is 276 g/mol. The Morgan fingerprint density at radius 1 is 1.30 bits per heavy atom. The molecule has 1 aromatic rings. The van der Waals surface area contributed by atoms with E-state index in [1.165, 1.54) is 16.7 Å². The highest BCUT2D eigenvalue weighted by molar-refractivity contribution is 5.49. The van der Waals surface area contributed by atoms with Crippen molar-refractivity contribution in [2.75, 3.05) is 33.8 Å². The van der Waals surface area contributed by atoms with Crippen LogP contribution in [-0.2, 0) is 5.41 Å². The molecule has 1 fully saturated rings. The van der Waals surface area contributed by atoms with E-state index in [0.717, 1.165) is 25.4 Å². The average Bonchev–Trinajstić information content (AvgIpc) is 2.37. The maximum atomic E-state index is 5.81. The zero-order valence-corrected chi connectivity index (χ0v) is 13.7. The summed E-state index contributed by atoms with van der Waals surface area (Å²) in [5, 5.41) is 3.50. The van der Waals surface area contributed by atoms with Crippen LogP contribution in [0, 0.1) is 6.92 Å². The highest BCUT2D eigenvalue weighted by Crippen LogP contribution is 2.39. The Morgan fingerprint density at radius 2 is 2.00 bits per heavy atom. The van der Waals surface area contributed by atoms with Crippen LogP contribution >= 0.6 is 0 Å². The topological polar surface area (TPSA) is 24.5 Å². The fourth-order valence-corrected chi connectivity index (χ4v) is 2.99. The summed E-state index contributed by atoms with van der Waals surface area (Å²) in [6.07, 6.45) is 0. The van der Waals surface area contributed by atoms with Crippen molar-refractivity contribution < 1.29 is 4.74 Å². The number of benzene rings is 1. The minimum Gasteiger partial charge on any atom is -0.496 e. The van der Waals surface area contributed by atoms with E-state index < -0.39 is 0 Å². The Balaban J connectivity index is 2.54. The number of likely N-dealkylation sites (N-methyl/N-ethyl adjacent to an activating group) is 1. The summed E-state index contributed by atoms with van der Waals surface area (Å²) < 4.78 is 5.81. The minimum atomic E-state index is 0.0901. The molecule has 1 heterocycles. The summed E-state index contributed by atoms with van der Waals surface area (Å²) in [6.45, 7) is 12.0. The summed E-state index contributed by atoms with van der Waals surface area (Å²) in [6, 6.07) is 4.93. The molecule has 112 valence electrons. The first kappa shape index (κ1) is 15.3. The van der Waals surface area contributed by atoms with E-state index in [0.29, 0.717) is 6.04 Å². The number of methoxy groups -OCH3 is 1. The molecule has 1 N–H and O–H groups in total. The normalized spacial score (nSPS) is 21.0. The molecule has 20 heavy (non-hydrogen) atoms. The van der Waals surface area contributed by atoms with Gasteiger partial charge < -0.3 is 10.1 Å². The largest absolute Gasteiger partial charge is 0.496 e. The van der Waals surface area contributed by atoms with E-state index in [2.05, 4.69) is 57.1 Å². The molecule has 0 aliphatic carbocycles. The quantitative estimate of drug-likeness (QED) is 0.899. The first-order valence-corrected chi connectivity index (χ1v) is 7.44. The number of piperazine rings is 1. The van der Waals surface area contributed by atoms with Crippen LogP contribution in [0.1, 0.15) is 43.5 Å². The van der Waals surface area contributed by atoms with Crippen LogP contribution in [0.15, 0.2) is 12.1 Å². The van der Waals surface area contributed by atoms with Crippen molar-refractivity contribution in [1.29, 1.82) is 0 Å². The van der Waals surface area contributed by atoms with Gasteiger partial charge in [0.1, 0.15) is 5.75 Å². The van der Waals surface area contributed by atoms with E-state index in [1.807, 2.05) is 0 Å². The van der Waals surface area contributed by atoms with Crippen molar-refractivity contribution in [1.82, 2.24) is 10.2 Å². The fourth-order valence-electron chi connectivity index (χ4n) is 2.99. The van der Waals surface area contributed by atoms with Gasteiger partial charge >= 0.3 is 0 Å². The van der Waals surface area contributed by atoms with Crippen molar-refractivity contribution in [2.24, 2.45) is 0 Å². The Morgan fingerprint density at radius 3 is 2.55 bits per heavy atom. The van der Waals surface area contributed by atoms with Gasteiger partial charge in [0, 0.05) is 30.8 Å². The molecule has 0 radical (unpaired) electrons. The van der Waals surface area contributed by atoms with E-state index in [9.17, 15) is 0 Å². The second-order valence-electron chi connectivity index (χ2n) is 6.89. The third-order valence-electron chi connectivity index (χ3n) is 4.14. The fraction of sp³-hybridized carbons (Fsp3) is 0.647. The van der Waals surface area contributed by atoms with E-state index >= 15 is 0 Å². The molecule has 1 aliphatic heterocycles. The lowest BCUT2D eigenvalue weighted by Gasteiger charge is -2.36. The molecular weight excluding hydrogens is 248 g/mol. The van der Waals surface area contributed by atoms with Crippen LogP contribution in [0.25, 0.3) is 0 Å². The number of aryl methyl sites for hydroxylation is 1. The van der Waals surface area contributed by atoms with Crippen molar-refractivity contribution in [3.63, 3.8) is 0 Å². The van der Waals surface area contributed by atoms with E-state index in [1.54, 1.807) is 7.11 Å². The highest BCUT2D eigenvalue weighted by Gasteiger charge is 2.28. The summed E-state index contributed by atoms with van der Waals surface area (Å²) in [5.74, 6) is 1.06. The SMILES string of the molecule is COc1c(C2CNCCN2C)cc(C)cc1C(C)(C)C. The molecular formula is C17H28N2O. The Bertz CT molecular complexity index is 477. The predicted octanol–water partition coefficient (Wildman–Crippen LogP) is 2.88. The number of nitrogens with zero attached hydrogens (tertiary/aromatic N) is 1. The molecule has 1 saturated heterocycles. The van der Waals surface area contributed by atoms with Gasteiger partial charge in [0.15, 0.2) is 0 Å². The first-order chi connectivity index (χ1) is 9.34. The van der Waals surface area contributed by atoms with Gasteiger partial charge in [-0.2, -0.15) is 0 Å². The molecule has 0 aromatic heterocycles. The molecule has 3 heteroatoms. The van der Waals surface area contributed by atoms with Crippen molar-refractivity contribution in [2.45, 2.75) is 39.2 Å². The van der Waals surface area contributed by atoms with Crippen LogP contribution in [0.3, 0.4) is 0 Å². The van der Waals surface area contributed by atoms with Crippen LogP contribution in [-0.4, -0.2) is 38.7 Å². The number of rotatable bonds is 2. The van der Waals surface area contributed by atoms with Crippen LogP contribution in [0.2, 0.25) is 0 Å². The second kappa shape index (κ2) is 5.74. The number of nitrogens with one attached hydrogen (secondary N) is 1. The summed E-state index contributed by atoms with van der Waals surface area (Å²) in [7, 11) is 3.99. The number of hydrogen-bond acceptors (Lipinski definition) is 3. The average molecular weight is 276 g/mol. The van der Waals surface area contributed by atoms with Crippen LogP contribution in [0.4, 0.5) is 0 Å². The van der Waals surface area contributed by atoms with Crippen molar-refractivity contribution in [3.05, 3.63) is 28.8 Å². The molecule has 0 bridgehead atoms. The van der Waals surface area contributed by atoms with Gasteiger partial charge in [-0.05, 0) is 19.4 Å². The van der Waals surface area contributed by atoms with Gasteiger partial charge in [0.2, 0.25) is 0 Å². The third kappa shape index (κ3) is 2.99. The van der Waals surface area contributed by atoms with Gasteiger partial charge in [-0.3, -0.25) is 4.90 Å². The van der Waals surface area contributed by atoms with Crippen LogP contribution in [0.5, 0.6) is 5.75 Å². The van der Waals surface area contributed by atoms with Crippen LogP contribution < -0.4 is 10.1 Å². The summed E-state index contributed by atoms with van der Waals surface area (Å²) in [5.41, 5.74) is 4.01. The Kier molecular flexibility index (Phi) is 4.40. The maximum absolute atomic E-state index is 5.81. The first-order valence-electron chi connectivity index (χ1n) is 7.44. The molecule has 1 atom stereocenters. The molecule has 2 rings (SSSR count). The van der Waals surface area contributed by atoms with Gasteiger partial charge in [-0.15, -0.1) is 0 Å². The molecule has 0 saturated carbocycles. The Hall–Kier alpha value is -1.06. The smallest absolute Gasteiger partial charge is 0.127 e. The predicted molar refractivity (Wildman–Crippen MR) is 84.7 cm³/mol. The number of ether oxygens (including phenoxy) is 1. The highest BCUT2D eigenvalue weighted by atomic mass is 16.5. The van der Waals surface area contributed by atoms with Gasteiger partial charge in [0.05, 0.1) is 13.2 Å². The molecule has 0 amide bonds. The van der Waals surface area contributed by atoms with Gasteiger partial charge in [-0.1, -0.05) is 38.5 Å². The van der Waals surface area contributed by atoms with Gasteiger partial charge in [-0.25, -0.2) is 0 Å². The molecule has 1 aliphatic rings. The lowest BCUT2D eigenvalue weighted by atomic mass is 9.83. The Labute approximate surface area is 123 Å². The lowest BCUT2D eigenvalue weighted by Crippen LogP contribution is -2.44. The van der Waals surface area contributed by atoms with Gasteiger partial charge in [0.25, 0.3) is 0 Å². The summed E-state index contributed by atoms with van der Waals surface area (Å²) in [4.78, 5) is 2.42. The molecule has 1 unspecified atom stereocenters. The third-order valence-corrected chi connectivity index (χ3v) is 4.14. The second-order valence-corrected chi connectivity index (χ2v) is 6.89. The zero-order valence-electron chi connectivity index (χ0n) is 13.7. The lowest BCUT2D eigenvalue weighted by molar-refractivity contribution is 0.197. The van der Waals surface area contributed by atoms with Crippen molar-refractivity contribution in [3.8, 4) is 5.75 Å². The standard InChI is InChI=1S/C17H28N2O/c1-12-9-13(15-11-18-7-8-19(15)5)16(20-6)14(10-12)17(2,3)4/h9-10,15,18H,7-8,11H2,1-6H3. The van der Waals surface area contributed by atoms with E-state index in [-0.39, 0.29) is 5.41 Å². The zero-order chi connectivity index (χ0) is 14.9.